The predicted molar refractivity (Wildman–Crippen MR) is 88.9 cm³/mol. The molecule has 0 bridgehead atoms. The number of piperidine rings is 1. The third-order valence-corrected chi connectivity index (χ3v) is 3.89. The van der Waals surface area contributed by atoms with Crippen LogP contribution in [0.15, 0.2) is 35.9 Å². The van der Waals surface area contributed by atoms with Crippen molar-refractivity contribution in [2.24, 2.45) is 0 Å². The second kappa shape index (κ2) is 7.99. The molecule has 1 aromatic rings. The molecule has 2 rings (SSSR count). The summed E-state index contributed by atoms with van der Waals surface area (Å²) < 4.78 is 5.26. The van der Waals surface area contributed by atoms with Crippen molar-refractivity contribution >= 4 is 5.91 Å². The Morgan fingerprint density at radius 3 is 2.73 bits per heavy atom. The lowest BCUT2D eigenvalue weighted by molar-refractivity contribution is -0.117. The van der Waals surface area contributed by atoms with Gasteiger partial charge in [0.05, 0.1) is 7.11 Å². The van der Waals surface area contributed by atoms with E-state index in [-0.39, 0.29) is 5.91 Å². The van der Waals surface area contributed by atoms with Crippen LogP contribution in [0.5, 0.6) is 5.75 Å². The van der Waals surface area contributed by atoms with Gasteiger partial charge in [0.25, 0.3) is 0 Å². The highest BCUT2D eigenvalue weighted by Crippen LogP contribution is 2.17. The van der Waals surface area contributed by atoms with Gasteiger partial charge in [-0.15, -0.1) is 0 Å². The van der Waals surface area contributed by atoms with Crippen LogP contribution in [0.4, 0.5) is 0 Å². The first-order valence-electron chi connectivity index (χ1n) is 7.87. The standard InChI is InChI=1S/C18H26N2O2/c1-14(2)11-18(21)19-16-7-9-20(10-8-16)13-15-5-4-6-17(12-15)22-3/h4-6,11-12,16H,7-10,13H2,1-3H3,(H,19,21). The average molecular weight is 302 g/mol. The Kier molecular flexibility index (Phi) is 6.01. The van der Waals surface area contributed by atoms with Crippen LogP contribution in [0.2, 0.25) is 0 Å². The molecule has 1 aliphatic rings. The molecule has 4 nitrogen and oxygen atoms in total. The molecule has 0 atom stereocenters. The number of amides is 1. The number of benzene rings is 1. The molecule has 4 heteroatoms. The van der Waals surface area contributed by atoms with Gasteiger partial charge in [-0.05, 0) is 44.4 Å². The van der Waals surface area contributed by atoms with E-state index in [1.807, 2.05) is 26.0 Å². The molecule has 0 saturated carbocycles. The van der Waals surface area contributed by atoms with Crippen molar-refractivity contribution in [3.8, 4) is 5.75 Å². The van der Waals surface area contributed by atoms with E-state index >= 15 is 0 Å². The van der Waals surface area contributed by atoms with E-state index in [0.29, 0.717) is 6.04 Å². The van der Waals surface area contributed by atoms with Crippen molar-refractivity contribution in [2.75, 3.05) is 20.2 Å². The number of hydrogen-bond acceptors (Lipinski definition) is 3. The fourth-order valence-corrected chi connectivity index (χ4v) is 2.77. The molecular weight excluding hydrogens is 276 g/mol. The maximum atomic E-state index is 11.7. The van der Waals surface area contributed by atoms with E-state index < -0.39 is 0 Å². The highest BCUT2D eigenvalue weighted by atomic mass is 16.5. The van der Waals surface area contributed by atoms with E-state index in [1.54, 1.807) is 13.2 Å². The minimum atomic E-state index is 0.0336. The molecule has 1 N–H and O–H groups in total. The summed E-state index contributed by atoms with van der Waals surface area (Å²) in [7, 11) is 1.69. The van der Waals surface area contributed by atoms with Crippen molar-refractivity contribution in [3.63, 3.8) is 0 Å². The summed E-state index contributed by atoms with van der Waals surface area (Å²) >= 11 is 0. The first-order valence-corrected chi connectivity index (χ1v) is 7.87. The number of nitrogens with zero attached hydrogens (tertiary/aromatic N) is 1. The molecular formula is C18H26N2O2. The Morgan fingerprint density at radius 1 is 1.36 bits per heavy atom. The zero-order valence-electron chi connectivity index (χ0n) is 13.8. The maximum absolute atomic E-state index is 11.7. The zero-order chi connectivity index (χ0) is 15.9. The lowest BCUT2D eigenvalue weighted by Gasteiger charge is -2.32. The Hall–Kier alpha value is -1.81. The first kappa shape index (κ1) is 16.6. The number of hydrogen-bond donors (Lipinski definition) is 1. The fourth-order valence-electron chi connectivity index (χ4n) is 2.77. The van der Waals surface area contributed by atoms with Crippen molar-refractivity contribution < 1.29 is 9.53 Å². The van der Waals surface area contributed by atoms with Crippen LogP contribution in [-0.4, -0.2) is 37.0 Å². The predicted octanol–water partition coefficient (Wildman–Crippen LogP) is 2.74. The van der Waals surface area contributed by atoms with Crippen molar-refractivity contribution in [1.29, 1.82) is 0 Å². The van der Waals surface area contributed by atoms with Crippen LogP contribution < -0.4 is 10.1 Å². The number of carbonyl (C=O) groups excluding carboxylic acids is 1. The molecule has 1 amide bonds. The van der Waals surface area contributed by atoms with Crippen molar-refractivity contribution in [1.82, 2.24) is 10.2 Å². The SMILES string of the molecule is COc1cccc(CN2CCC(NC(=O)C=C(C)C)CC2)c1. The van der Waals surface area contributed by atoms with E-state index in [4.69, 9.17) is 4.74 Å². The van der Waals surface area contributed by atoms with E-state index in [1.165, 1.54) is 5.56 Å². The van der Waals surface area contributed by atoms with Gasteiger partial charge in [0.2, 0.25) is 5.91 Å². The number of carbonyl (C=O) groups is 1. The number of allylic oxidation sites excluding steroid dienone is 1. The van der Waals surface area contributed by atoms with Crippen LogP contribution in [0.3, 0.4) is 0 Å². The molecule has 120 valence electrons. The summed E-state index contributed by atoms with van der Waals surface area (Å²) in [4.78, 5) is 14.2. The highest BCUT2D eigenvalue weighted by molar-refractivity contribution is 5.88. The van der Waals surface area contributed by atoms with Gasteiger partial charge >= 0.3 is 0 Å². The van der Waals surface area contributed by atoms with E-state index in [2.05, 4.69) is 22.3 Å². The largest absolute Gasteiger partial charge is 0.497 e. The second-order valence-corrected chi connectivity index (χ2v) is 6.13. The number of rotatable bonds is 5. The molecule has 1 heterocycles. The summed E-state index contributed by atoms with van der Waals surface area (Å²) in [6.07, 6.45) is 3.68. The van der Waals surface area contributed by atoms with Crippen LogP contribution in [0, 0.1) is 0 Å². The topological polar surface area (TPSA) is 41.6 Å². The molecule has 0 aliphatic carbocycles. The fraction of sp³-hybridized carbons (Fsp3) is 0.500. The summed E-state index contributed by atoms with van der Waals surface area (Å²) in [5.74, 6) is 0.938. The number of likely N-dealkylation sites (tertiary alicyclic amines) is 1. The number of methoxy groups -OCH3 is 1. The molecule has 0 aromatic heterocycles. The van der Waals surface area contributed by atoms with Gasteiger partial charge in [-0.2, -0.15) is 0 Å². The third kappa shape index (κ3) is 5.19. The van der Waals surface area contributed by atoms with Gasteiger partial charge in [-0.25, -0.2) is 0 Å². The normalized spacial score (nSPS) is 16.1. The molecule has 0 spiro atoms. The van der Waals surface area contributed by atoms with Crippen molar-refractivity contribution in [3.05, 3.63) is 41.5 Å². The van der Waals surface area contributed by atoms with Crippen LogP contribution >= 0.6 is 0 Å². The zero-order valence-corrected chi connectivity index (χ0v) is 13.8. The van der Waals surface area contributed by atoms with Gasteiger partial charge in [0, 0.05) is 31.8 Å². The van der Waals surface area contributed by atoms with E-state index in [9.17, 15) is 4.79 Å². The molecule has 1 aliphatic heterocycles. The monoisotopic (exact) mass is 302 g/mol. The van der Waals surface area contributed by atoms with Gasteiger partial charge in [-0.3, -0.25) is 9.69 Å². The lowest BCUT2D eigenvalue weighted by Crippen LogP contribution is -2.43. The highest BCUT2D eigenvalue weighted by Gasteiger charge is 2.20. The maximum Gasteiger partial charge on any atom is 0.244 e. The third-order valence-electron chi connectivity index (χ3n) is 3.89. The molecule has 1 aromatic carbocycles. The van der Waals surface area contributed by atoms with Gasteiger partial charge < -0.3 is 10.1 Å². The van der Waals surface area contributed by atoms with Crippen LogP contribution in [0.25, 0.3) is 0 Å². The van der Waals surface area contributed by atoms with Gasteiger partial charge in [-0.1, -0.05) is 17.7 Å². The lowest BCUT2D eigenvalue weighted by atomic mass is 10.0. The number of ether oxygens (including phenoxy) is 1. The summed E-state index contributed by atoms with van der Waals surface area (Å²) in [6, 6.07) is 8.51. The summed E-state index contributed by atoms with van der Waals surface area (Å²) in [5.41, 5.74) is 2.30. The Labute approximate surface area is 133 Å². The minimum absolute atomic E-state index is 0.0336. The first-order chi connectivity index (χ1) is 10.6. The Balaban J connectivity index is 1.79. The smallest absolute Gasteiger partial charge is 0.244 e. The minimum Gasteiger partial charge on any atom is -0.497 e. The van der Waals surface area contributed by atoms with Gasteiger partial charge in [0.15, 0.2) is 0 Å². The molecule has 22 heavy (non-hydrogen) atoms. The molecule has 0 radical (unpaired) electrons. The second-order valence-electron chi connectivity index (χ2n) is 6.13. The van der Waals surface area contributed by atoms with Crippen molar-refractivity contribution in [2.45, 2.75) is 39.3 Å². The Bertz CT molecular complexity index is 528. The molecule has 1 saturated heterocycles. The van der Waals surface area contributed by atoms with Gasteiger partial charge in [0.1, 0.15) is 5.75 Å². The number of nitrogens with one attached hydrogen (secondary N) is 1. The quantitative estimate of drug-likeness (QED) is 0.850. The summed E-state index contributed by atoms with van der Waals surface area (Å²) in [5, 5.41) is 3.09. The summed E-state index contributed by atoms with van der Waals surface area (Å²) in [6.45, 7) is 6.84. The molecule has 0 unspecified atom stereocenters. The van der Waals surface area contributed by atoms with Crippen LogP contribution in [-0.2, 0) is 11.3 Å². The average Bonchev–Trinajstić information content (AvgIpc) is 2.48. The Morgan fingerprint density at radius 2 is 2.09 bits per heavy atom. The molecule has 1 fully saturated rings. The van der Waals surface area contributed by atoms with E-state index in [0.717, 1.165) is 43.8 Å². The van der Waals surface area contributed by atoms with Crippen LogP contribution in [0.1, 0.15) is 32.3 Å².